The highest BCUT2D eigenvalue weighted by Crippen LogP contribution is 2.45. The molecule has 0 radical (unpaired) electrons. The smallest absolute Gasteiger partial charge is 0.462 e. The molecule has 94 heavy (non-hydrogen) atoms. The molecule has 558 valence electrons. The summed E-state index contributed by atoms with van der Waals surface area (Å²) in [5.41, 5.74) is 0. The summed E-state index contributed by atoms with van der Waals surface area (Å²) in [6, 6.07) is 0. The number of rotatable bonds is 72. The summed E-state index contributed by atoms with van der Waals surface area (Å²) in [7, 11) is -9.91. The van der Waals surface area contributed by atoms with Crippen molar-refractivity contribution >= 4 is 39.5 Å². The van der Waals surface area contributed by atoms with Crippen molar-refractivity contribution in [3.05, 3.63) is 0 Å². The Morgan fingerprint density at radius 3 is 0.755 bits per heavy atom. The quantitative estimate of drug-likeness (QED) is 0.0222. The Morgan fingerprint density at radius 2 is 0.511 bits per heavy atom. The predicted molar refractivity (Wildman–Crippen MR) is 381 cm³/mol. The van der Waals surface area contributed by atoms with Crippen LogP contribution in [0.15, 0.2) is 0 Å². The van der Waals surface area contributed by atoms with Gasteiger partial charge in [0.15, 0.2) is 12.2 Å². The number of esters is 4. The number of carbonyl (C=O) groups is 4. The molecule has 0 aromatic heterocycles. The van der Waals surface area contributed by atoms with Crippen molar-refractivity contribution in [2.24, 2.45) is 23.7 Å². The van der Waals surface area contributed by atoms with Gasteiger partial charge in [0.05, 0.1) is 26.4 Å². The van der Waals surface area contributed by atoms with E-state index in [-0.39, 0.29) is 25.7 Å². The molecular formula is C75H146O17P2. The summed E-state index contributed by atoms with van der Waals surface area (Å²) < 4.78 is 68.4. The van der Waals surface area contributed by atoms with Crippen molar-refractivity contribution in [2.45, 2.75) is 395 Å². The van der Waals surface area contributed by atoms with Gasteiger partial charge >= 0.3 is 39.5 Å². The van der Waals surface area contributed by atoms with Crippen LogP contribution < -0.4 is 0 Å². The van der Waals surface area contributed by atoms with Crippen molar-refractivity contribution < 1.29 is 80.2 Å². The Bertz CT molecular complexity index is 1850. The normalized spacial score (nSPS) is 14.7. The first-order chi connectivity index (χ1) is 45.2. The lowest BCUT2D eigenvalue weighted by Crippen LogP contribution is -2.30. The van der Waals surface area contributed by atoms with E-state index in [1.165, 1.54) is 173 Å². The SMILES string of the molecule is CCC(C)CCCCCCCCCCCCCCCCCCCCC(=O)O[C@H](COC(=O)CCCCCCCCC(C)C)COP(=O)(O)OC[C@H](O)COP(=O)(O)OC[C@@H](COC(=O)CCCCCCCCCCCCC(C)C)OC(=O)CCCCCCCCC(C)CC. The second-order valence-corrected chi connectivity index (χ2v) is 31.4. The molecule has 0 saturated carbocycles. The predicted octanol–water partition coefficient (Wildman–Crippen LogP) is 21.7. The molecule has 19 heteroatoms. The van der Waals surface area contributed by atoms with Gasteiger partial charge in [-0.2, -0.15) is 0 Å². The Kier molecular flexibility index (Phi) is 63.1. The molecule has 0 bridgehead atoms. The Hall–Kier alpha value is -1.94. The molecule has 0 rings (SSSR count). The van der Waals surface area contributed by atoms with Crippen LogP contribution in [-0.2, 0) is 65.4 Å². The Balaban J connectivity index is 5.14. The van der Waals surface area contributed by atoms with Crippen molar-refractivity contribution in [2.75, 3.05) is 39.6 Å². The summed E-state index contributed by atoms with van der Waals surface area (Å²) >= 11 is 0. The number of aliphatic hydroxyl groups excluding tert-OH is 1. The third-order valence-electron chi connectivity index (χ3n) is 18.0. The lowest BCUT2D eigenvalue weighted by atomic mass is 9.99. The zero-order valence-electron chi connectivity index (χ0n) is 61.6. The van der Waals surface area contributed by atoms with Gasteiger partial charge in [-0.15, -0.1) is 0 Å². The van der Waals surface area contributed by atoms with Crippen molar-refractivity contribution in [1.82, 2.24) is 0 Å². The van der Waals surface area contributed by atoms with Gasteiger partial charge in [-0.05, 0) is 49.4 Å². The van der Waals surface area contributed by atoms with Crippen LogP contribution in [0.25, 0.3) is 0 Å². The van der Waals surface area contributed by atoms with E-state index < -0.39 is 97.5 Å². The Labute approximate surface area is 575 Å². The minimum absolute atomic E-state index is 0.102. The molecular weight excluding hydrogens is 1230 g/mol. The highest BCUT2D eigenvalue weighted by molar-refractivity contribution is 7.47. The van der Waals surface area contributed by atoms with Crippen LogP contribution in [0.4, 0.5) is 0 Å². The minimum atomic E-state index is -4.95. The maximum Gasteiger partial charge on any atom is 0.472 e. The fourth-order valence-corrected chi connectivity index (χ4v) is 12.9. The van der Waals surface area contributed by atoms with Gasteiger partial charge in [0, 0.05) is 25.7 Å². The van der Waals surface area contributed by atoms with E-state index in [2.05, 4.69) is 55.4 Å². The second-order valence-electron chi connectivity index (χ2n) is 28.5. The van der Waals surface area contributed by atoms with E-state index in [0.717, 1.165) is 114 Å². The number of phosphoric acid groups is 2. The van der Waals surface area contributed by atoms with Crippen LogP contribution in [0, 0.1) is 23.7 Å². The van der Waals surface area contributed by atoms with E-state index in [1.54, 1.807) is 0 Å². The molecule has 0 aromatic rings. The molecule has 3 N–H and O–H groups in total. The molecule has 7 atom stereocenters. The van der Waals surface area contributed by atoms with E-state index >= 15 is 0 Å². The van der Waals surface area contributed by atoms with Crippen molar-refractivity contribution in [3.8, 4) is 0 Å². The zero-order chi connectivity index (χ0) is 69.6. The van der Waals surface area contributed by atoms with Gasteiger partial charge in [-0.3, -0.25) is 37.3 Å². The zero-order valence-corrected chi connectivity index (χ0v) is 63.4. The van der Waals surface area contributed by atoms with Gasteiger partial charge in [0.25, 0.3) is 0 Å². The topological polar surface area (TPSA) is 237 Å². The number of unbranched alkanes of at least 4 members (excludes halogenated alkanes) is 36. The van der Waals surface area contributed by atoms with Crippen LogP contribution >= 0.6 is 15.6 Å². The fraction of sp³-hybridized carbons (Fsp3) is 0.947. The van der Waals surface area contributed by atoms with Gasteiger partial charge in [-0.1, -0.05) is 325 Å². The maximum absolute atomic E-state index is 13.0. The van der Waals surface area contributed by atoms with Crippen LogP contribution in [0.5, 0.6) is 0 Å². The van der Waals surface area contributed by atoms with Gasteiger partial charge < -0.3 is 33.8 Å². The van der Waals surface area contributed by atoms with E-state index in [4.69, 9.17) is 37.0 Å². The van der Waals surface area contributed by atoms with Crippen LogP contribution in [-0.4, -0.2) is 96.7 Å². The van der Waals surface area contributed by atoms with Gasteiger partial charge in [-0.25, -0.2) is 9.13 Å². The maximum atomic E-state index is 13.0. The fourth-order valence-electron chi connectivity index (χ4n) is 11.3. The third kappa shape index (κ3) is 66.0. The first-order valence-electron chi connectivity index (χ1n) is 38.8. The third-order valence-corrected chi connectivity index (χ3v) is 19.9. The molecule has 0 amide bonds. The van der Waals surface area contributed by atoms with Crippen LogP contribution in [0.2, 0.25) is 0 Å². The average Bonchev–Trinajstić information content (AvgIpc) is 1.45. The molecule has 0 saturated heterocycles. The number of ether oxygens (including phenoxy) is 4. The van der Waals surface area contributed by atoms with Gasteiger partial charge in [0.2, 0.25) is 0 Å². The highest BCUT2D eigenvalue weighted by Gasteiger charge is 2.30. The molecule has 17 nitrogen and oxygen atoms in total. The summed E-state index contributed by atoms with van der Waals surface area (Å²) in [4.78, 5) is 72.6. The number of carbonyl (C=O) groups excluding carboxylic acids is 4. The molecule has 0 fully saturated rings. The molecule has 0 heterocycles. The van der Waals surface area contributed by atoms with Crippen LogP contribution in [0.1, 0.15) is 376 Å². The second kappa shape index (κ2) is 64.4. The number of hydrogen-bond acceptors (Lipinski definition) is 15. The standard InChI is InChI=1S/C75H146O17P2/c1-9-67(7)53-45-37-28-24-19-17-15-13-11-12-14-16-18-20-26-30-41-49-57-74(79)91-70(62-86-73(78)56-48-40-33-31-36-44-52-66(5)6)63-89-93(81,82)87-59-69(76)60-88-94(83,84)90-64-71(92-75(80)58-50-42-34-32-38-46-54-68(8)10-2)61-85-72(77)55-47-39-29-25-22-21-23-27-35-43-51-65(3)4/h65-71,76H,9-64H2,1-8H3,(H,81,82)(H,83,84)/t67?,68?,69-,70+,71+/m0/s1. The molecule has 4 unspecified atom stereocenters. The molecule has 0 spiro atoms. The van der Waals surface area contributed by atoms with E-state index in [0.29, 0.717) is 31.6 Å². The van der Waals surface area contributed by atoms with E-state index in [1.807, 2.05) is 0 Å². The molecule has 0 aliphatic heterocycles. The molecule has 0 aromatic carbocycles. The minimum Gasteiger partial charge on any atom is -0.462 e. The highest BCUT2D eigenvalue weighted by atomic mass is 31.2. The Morgan fingerprint density at radius 1 is 0.298 bits per heavy atom. The lowest BCUT2D eigenvalue weighted by Gasteiger charge is -2.21. The van der Waals surface area contributed by atoms with E-state index in [9.17, 15) is 43.2 Å². The van der Waals surface area contributed by atoms with Crippen LogP contribution in [0.3, 0.4) is 0 Å². The summed E-state index contributed by atoms with van der Waals surface area (Å²) in [5, 5.41) is 10.6. The molecule has 0 aliphatic rings. The number of phosphoric ester groups is 2. The van der Waals surface area contributed by atoms with Crippen molar-refractivity contribution in [3.63, 3.8) is 0 Å². The summed E-state index contributed by atoms with van der Waals surface area (Å²) in [6.45, 7) is 14.1. The average molecular weight is 1380 g/mol. The number of aliphatic hydroxyl groups is 1. The summed E-state index contributed by atoms with van der Waals surface area (Å²) in [5.74, 6) is 0.900. The van der Waals surface area contributed by atoms with Gasteiger partial charge in [0.1, 0.15) is 19.3 Å². The lowest BCUT2D eigenvalue weighted by molar-refractivity contribution is -0.161. The monoisotopic (exact) mass is 1380 g/mol. The largest absolute Gasteiger partial charge is 0.472 e. The summed E-state index contributed by atoms with van der Waals surface area (Å²) in [6.07, 6.45) is 48.9. The first kappa shape index (κ1) is 92.1. The number of hydrogen-bond donors (Lipinski definition) is 3. The first-order valence-corrected chi connectivity index (χ1v) is 41.8. The molecule has 0 aliphatic carbocycles. The van der Waals surface area contributed by atoms with Crippen molar-refractivity contribution in [1.29, 1.82) is 0 Å².